The number of allylic oxidation sites excluding steroid dienone is 1. The quantitative estimate of drug-likeness (QED) is 0.756. The first-order chi connectivity index (χ1) is 8.72. The molecule has 1 N–H and O–H groups in total. The third kappa shape index (κ3) is 4.08. The second kappa shape index (κ2) is 7.77. The van der Waals surface area contributed by atoms with Gasteiger partial charge in [0.25, 0.3) is 0 Å². The van der Waals surface area contributed by atoms with E-state index in [0.29, 0.717) is 0 Å². The molecule has 0 radical (unpaired) electrons. The van der Waals surface area contributed by atoms with Gasteiger partial charge < -0.3 is 14.6 Å². The molecule has 3 heteroatoms. The second-order valence-electron chi connectivity index (χ2n) is 4.24. The van der Waals surface area contributed by atoms with E-state index >= 15 is 0 Å². The third-order valence-electron chi connectivity index (χ3n) is 2.94. The van der Waals surface area contributed by atoms with E-state index in [2.05, 4.69) is 6.07 Å². The summed E-state index contributed by atoms with van der Waals surface area (Å²) < 4.78 is 10.7. The van der Waals surface area contributed by atoms with E-state index in [1.165, 1.54) is 5.57 Å². The molecule has 0 spiro atoms. The SMILES string of the molecule is COc1cccc(CCC/C(C)=C\CO)c1OC. The monoisotopic (exact) mass is 250 g/mol. The van der Waals surface area contributed by atoms with Crippen molar-refractivity contribution in [2.75, 3.05) is 20.8 Å². The first kappa shape index (κ1) is 14.6. The molecule has 100 valence electrons. The lowest BCUT2D eigenvalue weighted by Gasteiger charge is -2.12. The fourth-order valence-electron chi connectivity index (χ4n) is 1.97. The van der Waals surface area contributed by atoms with E-state index in [1.807, 2.05) is 25.1 Å². The number of hydrogen-bond donors (Lipinski definition) is 1. The second-order valence-corrected chi connectivity index (χ2v) is 4.24. The predicted molar refractivity (Wildman–Crippen MR) is 73.3 cm³/mol. The van der Waals surface area contributed by atoms with E-state index in [4.69, 9.17) is 14.6 Å². The Bertz CT molecular complexity index is 397. The lowest BCUT2D eigenvalue weighted by atomic mass is 10.0. The Labute approximate surface area is 109 Å². The normalized spacial score (nSPS) is 11.4. The molecule has 0 aliphatic heterocycles. The Kier molecular flexibility index (Phi) is 6.29. The zero-order valence-electron chi connectivity index (χ0n) is 11.4. The average Bonchev–Trinajstić information content (AvgIpc) is 2.38. The number of aliphatic hydroxyl groups is 1. The van der Waals surface area contributed by atoms with Gasteiger partial charge in [0.2, 0.25) is 0 Å². The van der Waals surface area contributed by atoms with Crippen LogP contribution in [0.4, 0.5) is 0 Å². The van der Waals surface area contributed by atoms with Crippen molar-refractivity contribution in [3.05, 3.63) is 35.4 Å². The summed E-state index contributed by atoms with van der Waals surface area (Å²) in [4.78, 5) is 0. The van der Waals surface area contributed by atoms with Crippen LogP contribution in [0.2, 0.25) is 0 Å². The molecule has 0 heterocycles. The van der Waals surface area contributed by atoms with Crippen molar-refractivity contribution in [3.63, 3.8) is 0 Å². The number of hydrogen-bond acceptors (Lipinski definition) is 3. The summed E-state index contributed by atoms with van der Waals surface area (Å²) >= 11 is 0. The molecule has 0 amide bonds. The van der Waals surface area contributed by atoms with Crippen LogP contribution in [0.1, 0.15) is 25.3 Å². The summed E-state index contributed by atoms with van der Waals surface area (Å²) in [6, 6.07) is 5.94. The number of rotatable bonds is 7. The molecule has 0 saturated carbocycles. The smallest absolute Gasteiger partial charge is 0.163 e. The standard InChI is InChI=1S/C15H22O3/c1-12(10-11-16)6-4-7-13-8-5-9-14(17-2)15(13)18-3/h5,8-10,16H,4,6-7,11H2,1-3H3/b12-10-. The molecule has 1 rings (SSSR count). The van der Waals surface area contributed by atoms with Crippen LogP contribution in [0, 0.1) is 0 Å². The van der Waals surface area contributed by atoms with Gasteiger partial charge in [0.1, 0.15) is 0 Å². The van der Waals surface area contributed by atoms with E-state index in [-0.39, 0.29) is 6.61 Å². The maximum Gasteiger partial charge on any atom is 0.163 e. The number of methoxy groups -OCH3 is 2. The number of benzene rings is 1. The molecule has 0 atom stereocenters. The molecule has 3 nitrogen and oxygen atoms in total. The number of aryl methyl sites for hydroxylation is 1. The van der Waals surface area contributed by atoms with Gasteiger partial charge in [-0.1, -0.05) is 23.8 Å². The first-order valence-electron chi connectivity index (χ1n) is 6.19. The zero-order chi connectivity index (χ0) is 13.4. The van der Waals surface area contributed by atoms with Crippen molar-refractivity contribution in [1.82, 2.24) is 0 Å². The molecule has 1 aromatic carbocycles. The van der Waals surface area contributed by atoms with Gasteiger partial charge >= 0.3 is 0 Å². The van der Waals surface area contributed by atoms with Crippen LogP contribution >= 0.6 is 0 Å². The predicted octanol–water partition coefficient (Wildman–Crippen LogP) is 2.97. The van der Waals surface area contributed by atoms with Crippen LogP contribution < -0.4 is 9.47 Å². The molecular weight excluding hydrogens is 228 g/mol. The molecule has 0 aromatic heterocycles. The molecule has 0 unspecified atom stereocenters. The van der Waals surface area contributed by atoms with E-state index < -0.39 is 0 Å². The van der Waals surface area contributed by atoms with E-state index in [9.17, 15) is 0 Å². The van der Waals surface area contributed by atoms with Gasteiger partial charge in [-0.3, -0.25) is 0 Å². The summed E-state index contributed by atoms with van der Waals surface area (Å²) in [7, 11) is 3.31. The Balaban J connectivity index is 2.64. The minimum absolute atomic E-state index is 0.119. The number of aliphatic hydroxyl groups excluding tert-OH is 1. The summed E-state index contributed by atoms with van der Waals surface area (Å²) in [6.45, 7) is 2.16. The van der Waals surface area contributed by atoms with Crippen molar-refractivity contribution in [2.24, 2.45) is 0 Å². The molecule has 0 aliphatic rings. The molecule has 0 bridgehead atoms. The third-order valence-corrected chi connectivity index (χ3v) is 2.94. The van der Waals surface area contributed by atoms with Crippen LogP contribution in [-0.2, 0) is 6.42 Å². The highest BCUT2D eigenvalue weighted by atomic mass is 16.5. The Hall–Kier alpha value is -1.48. The molecule has 1 aromatic rings. The van der Waals surface area contributed by atoms with Crippen LogP contribution in [0.15, 0.2) is 29.8 Å². The summed E-state index contributed by atoms with van der Waals surface area (Å²) in [5.41, 5.74) is 2.38. The largest absolute Gasteiger partial charge is 0.493 e. The van der Waals surface area contributed by atoms with Gasteiger partial charge in [0.15, 0.2) is 11.5 Å². The van der Waals surface area contributed by atoms with Gasteiger partial charge in [-0.25, -0.2) is 0 Å². The fraction of sp³-hybridized carbons (Fsp3) is 0.467. The maximum absolute atomic E-state index is 8.79. The van der Waals surface area contributed by atoms with Crippen molar-refractivity contribution >= 4 is 0 Å². The van der Waals surface area contributed by atoms with Gasteiger partial charge in [-0.05, 0) is 37.8 Å². The zero-order valence-corrected chi connectivity index (χ0v) is 11.4. The minimum Gasteiger partial charge on any atom is -0.493 e. The number of ether oxygens (including phenoxy) is 2. The van der Waals surface area contributed by atoms with Gasteiger partial charge in [0, 0.05) is 0 Å². The van der Waals surface area contributed by atoms with Crippen LogP contribution in [0.3, 0.4) is 0 Å². The lowest BCUT2D eigenvalue weighted by Crippen LogP contribution is -1.96. The Morgan fingerprint density at radius 2 is 2.06 bits per heavy atom. The van der Waals surface area contributed by atoms with Gasteiger partial charge in [-0.15, -0.1) is 0 Å². The van der Waals surface area contributed by atoms with Crippen LogP contribution in [-0.4, -0.2) is 25.9 Å². The molecule has 0 saturated heterocycles. The minimum atomic E-state index is 0.119. The summed E-state index contributed by atoms with van der Waals surface area (Å²) in [6.07, 6.45) is 4.81. The van der Waals surface area contributed by atoms with Crippen molar-refractivity contribution in [1.29, 1.82) is 0 Å². The van der Waals surface area contributed by atoms with Crippen molar-refractivity contribution in [2.45, 2.75) is 26.2 Å². The highest BCUT2D eigenvalue weighted by molar-refractivity contribution is 5.46. The topological polar surface area (TPSA) is 38.7 Å². The highest BCUT2D eigenvalue weighted by Crippen LogP contribution is 2.31. The summed E-state index contributed by atoms with van der Waals surface area (Å²) in [5.74, 6) is 1.60. The molecule has 0 aliphatic carbocycles. The molecular formula is C15H22O3. The average molecular weight is 250 g/mol. The van der Waals surface area contributed by atoms with E-state index in [0.717, 1.165) is 36.3 Å². The highest BCUT2D eigenvalue weighted by Gasteiger charge is 2.08. The van der Waals surface area contributed by atoms with Crippen LogP contribution in [0.25, 0.3) is 0 Å². The Morgan fingerprint density at radius 3 is 2.67 bits per heavy atom. The fourth-order valence-corrected chi connectivity index (χ4v) is 1.97. The molecule has 18 heavy (non-hydrogen) atoms. The summed E-state index contributed by atoms with van der Waals surface area (Å²) in [5, 5.41) is 8.79. The first-order valence-corrected chi connectivity index (χ1v) is 6.19. The van der Waals surface area contributed by atoms with Crippen molar-refractivity contribution in [3.8, 4) is 11.5 Å². The van der Waals surface area contributed by atoms with Gasteiger partial charge in [0.05, 0.1) is 20.8 Å². The lowest BCUT2D eigenvalue weighted by molar-refractivity contribution is 0.341. The Morgan fingerprint density at radius 1 is 1.28 bits per heavy atom. The van der Waals surface area contributed by atoms with Gasteiger partial charge in [-0.2, -0.15) is 0 Å². The van der Waals surface area contributed by atoms with Crippen LogP contribution in [0.5, 0.6) is 11.5 Å². The van der Waals surface area contributed by atoms with Crippen molar-refractivity contribution < 1.29 is 14.6 Å². The molecule has 0 fully saturated rings. The maximum atomic E-state index is 8.79. The number of para-hydroxylation sites is 1. The van der Waals surface area contributed by atoms with E-state index in [1.54, 1.807) is 14.2 Å².